The van der Waals surface area contributed by atoms with E-state index in [2.05, 4.69) is 41.5 Å². The monoisotopic (exact) mass is 220 g/mol. The van der Waals surface area contributed by atoms with Crippen molar-refractivity contribution in [3.8, 4) is 0 Å². The third-order valence-electron chi connectivity index (χ3n) is 2.97. The van der Waals surface area contributed by atoms with Gasteiger partial charge in [-0.1, -0.05) is 47.6 Å². The van der Waals surface area contributed by atoms with Gasteiger partial charge < -0.3 is 0 Å². The fraction of sp³-hybridized carbons (Fsp3) is 1.00. The average molecular weight is 221 g/mol. The smallest absolute Gasteiger partial charge is 0.0540 e. The molecule has 0 N–H and O–H groups in total. The fourth-order valence-corrected chi connectivity index (χ4v) is 3.48. The Morgan fingerprint density at radius 2 is 1.23 bits per heavy atom. The Hall–Kier alpha value is 0.507. The molecule has 0 radical (unpaired) electrons. The van der Waals surface area contributed by atoms with Crippen LogP contribution in [0.4, 0.5) is 0 Å². The van der Waals surface area contributed by atoms with E-state index in [9.17, 15) is 0 Å². The molecule has 80 valence electrons. The van der Waals surface area contributed by atoms with Gasteiger partial charge in [0.2, 0.25) is 0 Å². The maximum atomic E-state index is 6.81. The summed E-state index contributed by atoms with van der Waals surface area (Å²) in [6.07, 6.45) is 1.15. The number of halogens is 1. The molecule has 0 aromatic carbocycles. The predicted octanol–water partition coefficient (Wildman–Crippen LogP) is 3.23. The summed E-state index contributed by atoms with van der Waals surface area (Å²) in [5, 5.41) is 0. The molecule has 0 heterocycles. The van der Waals surface area contributed by atoms with Crippen LogP contribution in [0.15, 0.2) is 0 Å². The van der Waals surface area contributed by atoms with E-state index >= 15 is 0 Å². The first kappa shape index (κ1) is 13.5. The second-order valence-corrected chi connectivity index (χ2v) is 7.70. The second-order valence-electron chi connectivity index (χ2n) is 6.05. The van der Waals surface area contributed by atoms with Crippen molar-refractivity contribution in [1.29, 1.82) is 0 Å². The van der Waals surface area contributed by atoms with Crippen LogP contribution in [0, 0.1) is 10.8 Å². The van der Waals surface area contributed by atoms with Crippen LogP contribution in [0.5, 0.6) is 0 Å². The van der Waals surface area contributed by atoms with Gasteiger partial charge in [0.1, 0.15) is 0 Å². The highest BCUT2D eigenvalue weighted by atomic mass is 35.5. The van der Waals surface area contributed by atoms with Crippen LogP contribution >= 0.6 is 11.6 Å². The minimum atomic E-state index is -0.0677. The van der Waals surface area contributed by atoms with Crippen LogP contribution in [0.25, 0.3) is 0 Å². The molecule has 0 unspecified atom stereocenters. The summed E-state index contributed by atoms with van der Waals surface area (Å²) in [6.45, 7) is 13.5. The summed E-state index contributed by atoms with van der Waals surface area (Å²) < 4.78 is 0. The highest BCUT2D eigenvalue weighted by Gasteiger charge is 2.48. The van der Waals surface area contributed by atoms with Gasteiger partial charge in [-0.3, -0.25) is 0 Å². The van der Waals surface area contributed by atoms with Crippen LogP contribution in [-0.4, -0.2) is 15.1 Å². The van der Waals surface area contributed by atoms with Gasteiger partial charge in [-0.05, 0) is 17.3 Å². The van der Waals surface area contributed by atoms with E-state index in [1.54, 1.807) is 0 Å². The number of alkyl halides is 1. The summed E-state index contributed by atoms with van der Waals surface area (Å²) >= 11 is 6.81. The Morgan fingerprint density at radius 1 is 0.923 bits per heavy atom. The minimum absolute atomic E-state index is 0.0677. The van der Waals surface area contributed by atoms with Gasteiger partial charge in [0.25, 0.3) is 0 Å². The molecule has 0 rings (SSSR count). The van der Waals surface area contributed by atoms with E-state index in [1.807, 2.05) is 0 Å². The van der Waals surface area contributed by atoms with Crippen molar-refractivity contribution in [2.45, 2.75) is 58.9 Å². The van der Waals surface area contributed by atoms with E-state index in [0.29, 0.717) is 0 Å². The Morgan fingerprint density at radius 3 is 1.31 bits per heavy atom. The zero-order chi connectivity index (χ0) is 10.9. The van der Waals surface area contributed by atoms with Crippen molar-refractivity contribution < 1.29 is 0 Å². The zero-order valence-corrected chi connectivity index (χ0v) is 13.0. The van der Waals surface area contributed by atoms with E-state index in [4.69, 9.17) is 11.6 Å². The van der Waals surface area contributed by atoms with Crippen molar-refractivity contribution in [2.75, 3.05) is 0 Å². The van der Waals surface area contributed by atoms with Crippen molar-refractivity contribution in [2.24, 2.45) is 10.8 Å². The first-order chi connectivity index (χ1) is 5.56. The molecular weight excluding hydrogens is 196 g/mol. The van der Waals surface area contributed by atoms with E-state index in [0.717, 1.165) is 6.42 Å². The Kier molecular flexibility index (Phi) is 4.09. The maximum absolute atomic E-state index is 6.81. The maximum Gasteiger partial charge on any atom is 0.0540 e. The highest BCUT2D eigenvalue weighted by Crippen LogP contribution is 2.51. The molecule has 0 atom stereocenters. The summed E-state index contributed by atoms with van der Waals surface area (Å²) in [7, 11) is 1.25. The lowest BCUT2D eigenvalue weighted by atomic mass is 9.64. The van der Waals surface area contributed by atoms with Gasteiger partial charge in [0.15, 0.2) is 0 Å². The topological polar surface area (TPSA) is 0 Å². The molecular formula is C11H25ClSi. The van der Waals surface area contributed by atoms with Gasteiger partial charge in [0.05, 0.1) is 4.87 Å². The number of hydrogen-bond donors (Lipinski definition) is 0. The first-order valence-electron chi connectivity index (χ1n) is 5.25. The van der Waals surface area contributed by atoms with Crippen molar-refractivity contribution in [3.63, 3.8) is 0 Å². The van der Waals surface area contributed by atoms with E-state index in [-0.39, 0.29) is 15.7 Å². The Labute approximate surface area is 91.9 Å². The van der Waals surface area contributed by atoms with Gasteiger partial charge in [0, 0.05) is 10.2 Å². The fourth-order valence-electron chi connectivity index (χ4n) is 2.22. The third-order valence-corrected chi connectivity index (χ3v) is 4.79. The normalized spacial score (nSPS) is 15.0. The molecule has 0 aliphatic heterocycles. The molecule has 0 fully saturated rings. The minimum Gasteiger partial charge on any atom is -0.118 e. The molecule has 0 saturated heterocycles. The summed E-state index contributed by atoms with van der Waals surface area (Å²) in [4.78, 5) is -0.0677. The lowest BCUT2D eigenvalue weighted by Crippen LogP contribution is -2.48. The molecule has 0 amide bonds. The van der Waals surface area contributed by atoms with Crippen LogP contribution < -0.4 is 0 Å². The molecule has 0 aromatic heterocycles. The standard InChI is InChI=1S/C11H25ClSi/c1-9(2,3)11(12,7-8-13)10(4,5)6/h7-8H2,1-6,13H3. The van der Waals surface area contributed by atoms with E-state index < -0.39 is 0 Å². The number of rotatable bonds is 2. The zero-order valence-electron chi connectivity index (χ0n) is 10.3. The van der Waals surface area contributed by atoms with E-state index in [1.165, 1.54) is 16.3 Å². The average Bonchev–Trinajstić information content (AvgIpc) is 1.82. The predicted molar refractivity (Wildman–Crippen MR) is 66.9 cm³/mol. The molecule has 2 heteroatoms. The molecule has 0 bridgehead atoms. The molecule has 0 nitrogen and oxygen atoms in total. The van der Waals surface area contributed by atoms with Gasteiger partial charge >= 0.3 is 0 Å². The van der Waals surface area contributed by atoms with Gasteiger partial charge in [-0.15, -0.1) is 11.6 Å². The quantitative estimate of drug-likeness (QED) is 0.495. The van der Waals surface area contributed by atoms with Gasteiger partial charge in [-0.2, -0.15) is 0 Å². The third kappa shape index (κ3) is 2.73. The second kappa shape index (κ2) is 3.94. The first-order valence-corrected chi connectivity index (χ1v) is 7.04. The van der Waals surface area contributed by atoms with Crippen LogP contribution in [0.1, 0.15) is 48.0 Å². The number of hydrogen-bond acceptors (Lipinski definition) is 0. The largest absolute Gasteiger partial charge is 0.118 e. The summed E-state index contributed by atoms with van der Waals surface area (Å²) in [5.74, 6) is 0. The van der Waals surface area contributed by atoms with Crippen molar-refractivity contribution >= 4 is 21.8 Å². The lowest BCUT2D eigenvalue weighted by molar-refractivity contribution is 0.129. The van der Waals surface area contributed by atoms with Crippen LogP contribution in [0.2, 0.25) is 6.04 Å². The Bertz CT molecular complexity index is 148. The van der Waals surface area contributed by atoms with Crippen LogP contribution in [-0.2, 0) is 0 Å². The molecule has 0 aliphatic carbocycles. The summed E-state index contributed by atoms with van der Waals surface area (Å²) in [5.41, 5.74) is 0.356. The lowest BCUT2D eigenvalue weighted by Gasteiger charge is -2.49. The molecule has 0 spiro atoms. The highest BCUT2D eigenvalue weighted by molar-refractivity contribution is 6.25. The van der Waals surface area contributed by atoms with Crippen molar-refractivity contribution in [1.82, 2.24) is 0 Å². The van der Waals surface area contributed by atoms with Crippen LogP contribution in [0.3, 0.4) is 0 Å². The molecule has 13 heavy (non-hydrogen) atoms. The summed E-state index contributed by atoms with van der Waals surface area (Å²) in [6, 6.07) is 1.29. The van der Waals surface area contributed by atoms with Gasteiger partial charge in [-0.25, -0.2) is 0 Å². The Balaban J connectivity index is 4.96. The van der Waals surface area contributed by atoms with Crippen molar-refractivity contribution in [3.05, 3.63) is 0 Å². The molecule has 0 aromatic rings. The molecule has 0 saturated carbocycles. The molecule has 0 aliphatic rings. The SMILES string of the molecule is CC(C)(C)C(Cl)(CC[SiH3])C(C)(C)C.